The predicted octanol–water partition coefficient (Wildman–Crippen LogP) is 2.11. The monoisotopic (exact) mass is 283 g/mol. The second-order valence-corrected chi connectivity index (χ2v) is 5.69. The lowest BCUT2D eigenvalue weighted by Gasteiger charge is -2.24. The molecule has 0 aliphatic heterocycles. The van der Waals surface area contributed by atoms with Gasteiger partial charge in [-0.3, -0.25) is 0 Å². The number of nitrogens with zero attached hydrogens (tertiary/aromatic N) is 2. The highest BCUT2D eigenvalue weighted by molar-refractivity contribution is 7.13. The van der Waals surface area contributed by atoms with Gasteiger partial charge in [0.05, 0.1) is 0 Å². The van der Waals surface area contributed by atoms with Crippen molar-refractivity contribution in [3.05, 3.63) is 11.1 Å². The van der Waals surface area contributed by atoms with Gasteiger partial charge in [0.15, 0.2) is 5.13 Å². The Labute approximate surface area is 115 Å². The third-order valence-electron chi connectivity index (χ3n) is 3.22. The highest BCUT2D eigenvalue weighted by atomic mass is 32.1. The molecule has 1 aliphatic carbocycles. The van der Waals surface area contributed by atoms with Gasteiger partial charge in [0.25, 0.3) is 0 Å². The van der Waals surface area contributed by atoms with Crippen LogP contribution in [0.5, 0.6) is 0 Å². The van der Waals surface area contributed by atoms with E-state index in [9.17, 15) is 4.79 Å². The molecule has 1 aromatic heterocycles. The molecule has 2 rings (SSSR count). The number of aromatic nitrogens is 1. The van der Waals surface area contributed by atoms with Crippen LogP contribution >= 0.6 is 11.3 Å². The van der Waals surface area contributed by atoms with Gasteiger partial charge in [0.2, 0.25) is 5.71 Å². The van der Waals surface area contributed by atoms with E-state index in [1.807, 2.05) is 0 Å². The molecule has 19 heavy (non-hydrogen) atoms. The number of carboxylic acid groups (broad SMARTS) is 1. The molecule has 6 nitrogen and oxygen atoms in total. The van der Waals surface area contributed by atoms with Crippen LogP contribution in [0.2, 0.25) is 0 Å². The van der Waals surface area contributed by atoms with Crippen molar-refractivity contribution < 1.29 is 14.7 Å². The molecule has 0 saturated heterocycles. The summed E-state index contributed by atoms with van der Waals surface area (Å²) in [7, 11) is 0. The van der Waals surface area contributed by atoms with Gasteiger partial charge in [-0.2, -0.15) is 0 Å². The number of aliphatic carboxylic acids is 1. The zero-order valence-corrected chi connectivity index (χ0v) is 11.5. The first kappa shape index (κ1) is 13.8. The van der Waals surface area contributed by atoms with Gasteiger partial charge in [-0.1, -0.05) is 12.1 Å². The molecule has 1 heterocycles. The number of rotatable bonds is 4. The number of nitrogens with two attached hydrogens (primary N) is 1. The molecule has 7 heteroatoms. The minimum atomic E-state index is -1.16. The molecule has 1 saturated carbocycles. The number of hydrogen-bond donors (Lipinski definition) is 2. The van der Waals surface area contributed by atoms with E-state index >= 15 is 0 Å². The quantitative estimate of drug-likeness (QED) is 0.651. The van der Waals surface area contributed by atoms with E-state index in [-0.39, 0.29) is 17.5 Å². The van der Waals surface area contributed by atoms with Gasteiger partial charge in [0.1, 0.15) is 11.8 Å². The maximum atomic E-state index is 11.1. The van der Waals surface area contributed by atoms with Crippen LogP contribution in [0.15, 0.2) is 10.5 Å². The van der Waals surface area contributed by atoms with Gasteiger partial charge in [0, 0.05) is 5.38 Å². The molecule has 3 N–H and O–H groups in total. The van der Waals surface area contributed by atoms with Crippen molar-refractivity contribution in [1.82, 2.24) is 4.98 Å². The van der Waals surface area contributed by atoms with Crippen LogP contribution in [-0.4, -0.2) is 27.9 Å². The first-order valence-corrected chi connectivity index (χ1v) is 7.12. The standard InChI is InChI=1S/C12H17N3O3S/c1-7-2-4-8(5-3-7)18-15-10(11(16)17)9-6-19-12(13)14-9/h6-8H,2-5H2,1H3,(H2,13,14)(H,16,17). The summed E-state index contributed by atoms with van der Waals surface area (Å²) in [5.74, 6) is -0.449. The lowest BCUT2D eigenvalue weighted by Crippen LogP contribution is -2.21. The maximum Gasteiger partial charge on any atom is 0.360 e. The van der Waals surface area contributed by atoms with Crippen LogP contribution in [-0.2, 0) is 9.63 Å². The molecule has 104 valence electrons. The van der Waals surface area contributed by atoms with Crippen LogP contribution in [0.1, 0.15) is 38.3 Å². The lowest BCUT2D eigenvalue weighted by atomic mass is 9.89. The summed E-state index contributed by atoms with van der Waals surface area (Å²) in [5.41, 5.74) is 5.55. The van der Waals surface area contributed by atoms with E-state index in [4.69, 9.17) is 15.7 Å². The number of nitrogen functional groups attached to an aromatic ring is 1. The van der Waals surface area contributed by atoms with Crippen LogP contribution < -0.4 is 5.73 Å². The zero-order chi connectivity index (χ0) is 13.8. The molecule has 0 aromatic carbocycles. The molecule has 0 atom stereocenters. The van der Waals surface area contributed by atoms with Crippen molar-refractivity contribution in [3.8, 4) is 0 Å². The highest BCUT2D eigenvalue weighted by Gasteiger charge is 2.22. The zero-order valence-electron chi connectivity index (χ0n) is 10.7. The normalized spacial score (nSPS) is 24.2. The van der Waals surface area contributed by atoms with Crippen molar-refractivity contribution in [2.24, 2.45) is 11.1 Å². The average molecular weight is 283 g/mol. The van der Waals surface area contributed by atoms with Crippen molar-refractivity contribution >= 4 is 28.1 Å². The minimum absolute atomic E-state index is 0.00142. The summed E-state index contributed by atoms with van der Waals surface area (Å²) in [6.45, 7) is 2.21. The lowest BCUT2D eigenvalue weighted by molar-refractivity contribution is -0.129. The van der Waals surface area contributed by atoms with Gasteiger partial charge in [-0.15, -0.1) is 11.3 Å². The highest BCUT2D eigenvalue weighted by Crippen LogP contribution is 2.25. The van der Waals surface area contributed by atoms with Gasteiger partial charge >= 0.3 is 5.97 Å². The Morgan fingerprint density at radius 3 is 2.74 bits per heavy atom. The third kappa shape index (κ3) is 3.66. The van der Waals surface area contributed by atoms with Crippen LogP contribution in [0.25, 0.3) is 0 Å². The van der Waals surface area contributed by atoms with E-state index in [2.05, 4.69) is 17.1 Å². The Kier molecular flexibility index (Phi) is 4.36. The van der Waals surface area contributed by atoms with Crippen molar-refractivity contribution in [3.63, 3.8) is 0 Å². The van der Waals surface area contributed by atoms with Gasteiger partial charge in [-0.05, 0) is 31.6 Å². The van der Waals surface area contributed by atoms with E-state index in [1.54, 1.807) is 5.38 Å². The number of thiazole rings is 1. The Balaban J connectivity index is 2.03. The first-order valence-electron chi connectivity index (χ1n) is 6.24. The summed E-state index contributed by atoms with van der Waals surface area (Å²) in [4.78, 5) is 20.4. The van der Waals surface area contributed by atoms with Crippen LogP contribution in [0.3, 0.4) is 0 Å². The SMILES string of the molecule is CC1CCC(ON=C(C(=O)O)c2csc(N)n2)CC1. The summed E-state index contributed by atoms with van der Waals surface area (Å²) in [5, 5.41) is 14.8. The minimum Gasteiger partial charge on any atom is -0.476 e. The fourth-order valence-corrected chi connectivity index (χ4v) is 2.60. The van der Waals surface area contributed by atoms with Crippen molar-refractivity contribution in [1.29, 1.82) is 0 Å². The molecule has 0 radical (unpaired) electrons. The maximum absolute atomic E-state index is 11.1. The third-order valence-corrected chi connectivity index (χ3v) is 3.90. The van der Waals surface area contributed by atoms with Crippen molar-refractivity contribution in [2.75, 3.05) is 5.73 Å². The molecule has 1 aliphatic rings. The average Bonchev–Trinajstić information content (AvgIpc) is 2.78. The summed E-state index contributed by atoms with van der Waals surface area (Å²) < 4.78 is 0. The largest absolute Gasteiger partial charge is 0.476 e. The van der Waals surface area contributed by atoms with E-state index in [0.717, 1.165) is 25.7 Å². The summed E-state index contributed by atoms with van der Waals surface area (Å²) in [6.07, 6.45) is 4.01. The number of carboxylic acids is 1. The van der Waals surface area contributed by atoms with Crippen LogP contribution in [0.4, 0.5) is 5.13 Å². The molecule has 0 amide bonds. The summed E-state index contributed by atoms with van der Waals surface area (Å²) >= 11 is 1.18. The molecule has 1 aromatic rings. The predicted molar refractivity (Wildman–Crippen MR) is 73.2 cm³/mol. The molecule has 0 unspecified atom stereocenters. The molecular formula is C12H17N3O3S. The second kappa shape index (κ2) is 6.01. The topological polar surface area (TPSA) is 97.8 Å². The Bertz CT molecular complexity index is 478. The Morgan fingerprint density at radius 1 is 1.53 bits per heavy atom. The van der Waals surface area contributed by atoms with Crippen molar-refractivity contribution in [2.45, 2.75) is 38.7 Å². The van der Waals surface area contributed by atoms with E-state index in [0.29, 0.717) is 11.0 Å². The molecular weight excluding hydrogens is 266 g/mol. The fraction of sp³-hybridized carbons (Fsp3) is 0.583. The number of carbonyl (C=O) groups is 1. The Morgan fingerprint density at radius 2 is 2.21 bits per heavy atom. The van der Waals surface area contributed by atoms with Gasteiger partial charge < -0.3 is 15.7 Å². The number of anilines is 1. The van der Waals surface area contributed by atoms with Crippen LogP contribution in [0, 0.1) is 5.92 Å². The fourth-order valence-electron chi connectivity index (χ4n) is 2.05. The number of hydrogen-bond acceptors (Lipinski definition) is 6. The van der Waals surface area contributed by atoms with E-state index < -0.39 is 5.97 Å². The van der Waals surface area contributed by atoms with E-state index in [1.165, 1.54) is 11.3 Å². The first-order chi connectivity index (χ1) is 9.06. The van der Waals surface area contributed by atoms with Gasteiger partial charge in [-0.25, -0.2) is 9.78 Å². The number of oxime groups is 1. The Hall–Kier alpha value is -1.63. The molecule has 0 bridgehead atoms. The smallest absolute Gasteiger partial charge is 0.360 e. The second-order valence-electron chi connectivity index (χ2n) is 4.80. The summed E-state index contributed by atoms with van der Waals surface area (Å²) in [6, 6.07) is 0. The molecule has 1 fully saturated rings. The molecule has 0 spiro atoms.